The Morgan fingerprint density at radius 1 is 1.04 bits per heavy atom. The van der Waals surface area contributed by atoms with Gasteiger partial charge in [0.2, 0.25) is 0 Å². The molecule has 1 aromatic heterocycles. The molecule has 23 heavy (non-hydrogen) atoms. The third-order valence-corrected chi connectivity index (χ3v) is 3.31. The van der Waals surface area contributed by atoms with Gasteiger partial charge < -0.3 is 14.6 Å². The molecule has 0 saturated carbocycles. The van der Waals surface area contributed by atoms with Gasteiger partial charge in [0, 0.05) is 0 Å². The van der Waals surface area contributed by atoms with Crippen LogP contribution in [0.5, 0.6) is 5.75 Å². The number of aromatic nitrogens is 2. The van der Waals surface area contributed by atoms with Crippen molar-refractivity contribution in [1.82, 2.24) is 9.97 Å². The van der Waals surface area contributed by atoms with Gasteiger partial charge in [0.15, 0.2) is 0 Å². The summed E-state index contributed by atoms with van der Waals surface area (Å²) in [6.07, 6.45) is 0. The third-order valence-electron chi connectivity index (χ3n) is 3.31. The quantitative estimate of drug-likeness (QED) is 0.566. The molecular formula is C17H13KN2O3. The molecule has 3 aromatic rings. The monoisotopic (exact) mass is 332 g/mol. The van der Waals surface area contributed by atoms with Gasteiger partial charge in [-0.1, -0.05) is 12.1 Å². The van der Waals surface area contributed by atoms with Crippen LogP contribution in [0.15, 0.2) is 48.5 Å². The van der Waals surface area contributed by atoms with Crippen LogP contribution in [0.4, 0.5) is 0 Å². The van der Waals surface area contributed by atoms with Gasteiger partial charge in [-0.2, -0.15) is 0 Å². The van der Waals surface area contributed by atoms with Crippen LogP contribution in [0.2, 0.25) is 0 Å². The van der Waals surface area contributed by atoms with Crippen LogP contribution in [0.1, 0.15) is 21.7 Å². The molecule has 0 N–H and O–H groups in total. The van der Waals surface area contributed by atoms with E-state index in [-0.39, 0.29) is 63.6 Å². The van der Waals surface area contributed by atoms with E-state index in [1.54, 1.807) is 12.1 Å². The zero-order valence-corrected chi connectivity index (χ0v) is 16.1. The van der Waals surface area contributed by atoms with Crippen LogP contribution in [0, 0.1) is 6.92 Å². The molecule has 0 aliphatic heterocycles. The minimum Gasteiger partial charge on any atom is -0.545 e. The predicted molar refractivity (Wildman–Crippen MR) is 79.4 cm³/mol. The van der Waals surface area contributed by atoms with Crippen molar-refractivity contribution in [1.29, 1.82) is 0 Å². The van der Waals surface area contributed by atoms with Crippen molar-refractivity contribution in [2.24, 2.45) is 0 Å². The van der Waals surface area contributed by atoms with Crippen molar-refractivity contribution in [3.05, 3.63) is 65.5 Å². The summed E-state index contributed by atoms with van der Waals surface area (Å²) < 4.78 is 5.64. The molecule has 110 valence electrons. The van der Waals surface area contributed by atoms with Gasteiger partial charge >= 0.3 is 51.4 Å². The van der Waals surface area contributed by atoms with Crippen LogP contribution < -0.4 is 61.2 Å². The van der Waals surface area contributed by atoms with E-state index in [2.05, 4.69) is 9.97 Å². The second-order valence-corrected chi connectivity index (χ2v) is 4.84. The Balaban J connectivity index is 0.00000192. The van der Waals surface area contributed by atoms with Crippen LogP contribution in [-0.2, 0) is 6.61 Å². The maximum Gasteiger partial charge on any atom is 1.00 e. The number of rotatable bonds is 4. The molecule has 3 rings (SSSR count). The van der Waals surface area contributed by atoms with E-state index in [9.17, 15) is 9.90 Å². The first-order chi connectivity index (χ1) is 10.6. The van der Waals surface area contributed by atoms with Crippen LogP contribution in [-0.4, -0.2) is 15.9 Å². The normalized spacial score (nSPS) is 10.1. The Kier molecular flexibility index (Phi) is 6.26. The Morgan fingerprint density at radius 3 is 2.26 bits per heavy atom. The molecule has 0 bridgehead atoms. The molecule has 6 heteroatoms. The number of nitrogens with zero attached hydrogens (tertiary/aromatic N) is 2. The number of para-hydroxylation sites is 2. The number of carbonyl (C=O) groups excluding carboxylic acids is 1. The first-order valence-corrected chi connectivity index (χ1v) is 6.80. The minimum absolute atomic E-state index is 0. The number of aromatic carboxylic acids is 1. The summed E-state index contributed by atoms with van der Waals surface area (Å²) in [5, 5.41) is 10.7. The smallest absolute Gasteiger partial charge is 0.545 e. The number of hydrogen-bond acceptors (Lipinski definition) is 5. The van der Waals surface area contributed by atoms with Crippen LogP contribution >= 0.6 is 0 Å². The maximum absolute atomic E-state index is 10.7. The molecule has 2 aromatic carbocycles. The second kappa shape index (κ2) is 7.98. The van der Waals surface area contributed by atoms with E-state index in [4.69, 9.17) is 4.74 Å². The summed E-state index contributed by atoms with van der Waals surface area (Å²) >= 11 is 0. The Labute approximate surface area is 176 Å². The molecule has 0 fully saturated rings. The number of fused-ring (bicyclic) bond motifs is 1. The standard InChI is InChI=1S/C17H14N2O3.K/c1-11-16(19-15-5-3-2-4-14(15)18-11)10-22-13-8-6-12(7-9-13)17(20)21;/h2-9H,10H2,1H3,(H,20,21);/q;+1/p-1. The van der Waals surface area contributed by atoms with Gasteiger partial charge in [0.25, 0.3) is 0 Å². The van der Waals surface area contributed by atoms with Gasteiger partial charge in [-0.15, -0.1) is 0 Å². The number of ether oxygens (including phenoxy) is 1. The van der Waals surface area contributed by atoms with Gasteiger partial charge in [-0.3, -0.25) is 0 Å². The third kappa shape index (κ3) is 4.36. The van der Waals surface area contributed by atoms with E-state index in [1.807, 2.05) is 31.2 Å². The number of hydrogen-bond donors (Lipinski definition) is 0. The van der Waals surface area contributed by atoms with Gasteiger partial charge in [-0.05, 0) is 48.9 Å². The minimum atomic E-state index is -1.21. The molecule has 0 amide bonds. The number of benzene rings is 2. The van der Waals surface area contributed by atoms with Crippen molar-refractivity contribution >= 4 is 17.0 Å². The van der Waals surface area contributed by atoms with Gasteiger partial charge in [0.1, 0.15) is 12.4 Å². The first-order valence-electron chi connectivity index (χ1n) is 6.80. The molecule has 0 radical (unpaired) electrons. The fourth-order valence-corrected chi connectivity index (χ4v) is 2.10. The number of carbonyl (C=O) groups is 1. The summed E-state index contributed by atoms with van der Waals surface area (Å²) in [4.78, 5) is 19.7. The summed E-state index contributed by atoms with van der Waals surface area (Å²) in [5.74, 6) is -0.637. The van der Waals surface area contributed by atoms with E-state index in [1.165, 1.54) is 12.1 Å². The fourth-order valence-electron chi connectivity index (χ4n) is 2.10. The molecule has 0 unspecified atom stereocenters. The van der Waals surface area contributed by atoms with Crippen LogP contribution in [0.3, 0.4) is 0 Å². The molecule has 1 heterocycles. The van der Waals surface area contributed by atoms with E-state index in [0.29, 0.717) is 5.75 Å². The van der Waals surface area contributed by atoms with Gasteiger partial charge in [0.05, 0.1) is 28.4 Å². The van der Waals surface area contributed by atoms with Crippen LogP contribution in [0.25, 0.3) is 11.0 Å². The van der Waals surface area contributed by atoms with Crippen molar-refractivity contribution in [2.45, 2.75) is 13.5 Å². The zero-order valence-electron chi connectivity index (χ0n) is 12.9. The summed E-state index contributed by atoms with van der Waals surface area (Å²) in [6.45, 7) is 2.16. The summed E-state index contributed by atoms with van der Waals surface area (Å²) in [7, 11) is 0. The maximum atomic E-state index is 10.7. The topological polar surface area (TPSA) is 75.1 Å². The average Bonchev–Trinajstić information content (AvgIpc) is 2.53. The predicted octanol–water partition coefficient (Wildman–Crippen LogP) is -1.12. The SMILES string of the molecule is Cc1nc2ccccc2nc1COc1ccc(C(=O)[O-])cc1.[K+]. The molecule has 0 aliphatic rings. The molecule has 0 atom stereocenters. The van der Waals surface area contributed by atoms with Crippen molar-refractivity contribution in [3.8, 4) is 5.75 Å². The average molecular weight is 332 g/mol. The fraction of sp³-hybridized carbons (Fsp3) is 0.118. The number of carboxylic acid groups (broad SMARTS) is 1. The Morgan fingerprint density at radius 2 is 1.65 bits per heavy atom. The molecular weight excluding hydrogens is 319 g/mol. The zero-order chi connectivity index (χ0) is 15.5. The number of aryl methyl sites for hydroxylation is 1. The van der Waals surface area contributed by atoms with Crippen molar-refractivity contribution < 1.29 is 66.0 Å². The van der Waals surface area contributed by atoms with Crippen molar-refractivity contribution in [2.75, 3.05) is 0 Å². The second-order valence-electron chi connectivity index (χ2n) is 4.84. The van der Waals surface area contributed by atoms with Crippen molar-refractivity contribution in [3.63, 3.8) is 0 Å². The largest absolute Gasteiger partial charge is 1.00 e. The molecule has 0 aliphatic carbocycles. The van der Waals surface area contributed by atoms with E-state index in [0.717, 1.165) is 22.4 Å². The van der Waals surface area contributed by atoms with Gasteiger partial charge in [-0.25, -0.2) is 9.97 Å². The number of carboxylic acids is 1. The summed E-state index contributed by atoms with van der Waals surface area (Å²) in [5.41, 5.74) is 3.35. The molecule has 5 nitrogen and oxygen atoms in total. The molecule has 0 spiro atoms. The summed E-state index contributed by atoms with van der Waals surface area (Å²) in [6, 6.07) is 13.7. The molecule has 0 saturated heterocycles. The Bertz CT molecular complexity index is 835. The first kappa shape index (κ1) is 18.0. The Hall–Kier alpha value is -1.31. The van der Waals surface area contributed by atoms with E-state index >= 15 is 0 Å². The van der Waals surface area contributed by atoms with E-state index < -0.39 is 5.97 Å².